The monoisotopic (exact) mass is 380 g/mol. The van der Waals surface area contributed by atoms with Gasteiger partial charge < -0.3 is 10.5 Å². The smallest absolute Gasteiger partial charge is 0.240 e. The molecule has 1 aromatic carbocycles. The maximum Gasteiger partial charge on any atom is 0.240 e. The summed E-state index contributed by atoms with van der Waals surface area (Å²) in [4.78, 5) is 0.212. The topological polar surface area (TPSA) is 81.4 Å². The maximum atomic E-state index is 12.6. The van der Waals surface area contributed by atoms with Crippen LogP contribution in [0.3, 0.4) is 0 Å². The fraction of sp³-hybridized carbons (Fsp3) is 0.600. The van der Waals surface area contributed by atoms with E-state index in [1.165, 1.54) is 6.07 Å². The van der Waals surface area contributed by atoms with E-state index in [2.05, 4.69) is 4.72 Å². The Morgan fingerprint density at radius 1 is 1.26 bits per heavy atom. The Morgan fingerprint density at radius 3 is 2.57 bits per heavy atom. The quantitative estimate of drug-likeness (QED) is 0.844. The van der Waals surface area contributed by atoms with Crippen LogP contribution < -0.4 is 15.2 Å². The largest absolute Gasteiger partial charge is 0.489 e. The lowest BCUT2D eigenvalue weighted by atomic mass is 9.93. The third kappa shape index (κ3) is 4.12. The van der Waals surface area contributed by atoms with Crippen LogP contribution in [0.5, 0.6) is 5.75 Å². The molecule has 0 spiro atoms. The Kier molecular flexibility index (Phi) is 5.85. The van der Waals surface area contributed by atoms with Gasteiger partial charge in [-0.3, -0.25) is 0 Å². The number of halogens is 2. The van der Waals surface area contributed by atoms with E-state index >= 15 is 0 Å². The van der Waals surface area contributed by atoms with E-state index in [-0.39, 0.29) is 35.5 Å². The van der Waals surface area contributed by atoms with E-state index in [4.69, 9.17) is 22.1 Å². The molecule has 1 heterocycles. The van der Waals surface area contributed by atoms with Crippen LogP contribution >= 0.6 is 24.0 Å². The number of nitrogens with two attached hydrogens (primary N) is 1. The lowest BCUT2D eigenvalue weighted by Gasteiger charge is -2.26. The molecule has 23 heavy (non-hydrogen) atoms. The summed E-state index contributed by atoms with van der Waals surface area (Å²) in [6, 6.07) is 3.28. The Hall–Kier alpha value is -0.530. The Labute approximate surface area is 148 Å². The van der Waals surface area contributed by atoms with Crippen LogP contribution in [0.4, 0.5) is 0 Å². The van der Waals surface area contributed by atoms with Gasteiger partial charge in [-0.05, 0) is 44.7 Å². The van der Waals surface area contributed by atoms with Crippen LogP contribution in [0.2, 0.25) is 5.02 Å². The van der Waals surface area contributed by atoms with E-state index in [0.717, 1.165) is 31.2 Å². The van der Waals surface area contributed by atoms with Gasteiger partial charge in [-0.15, -0.1) is 12.4 Å². The number of benzene rings is 1. The van der Waals surface area contributed by atoms with Gasteiger partial charge in [0.15, 0.2) is 0 Å². The van der Waals surface area contributed by atoms with Gasteiger partial charge in [-0.25, -0.2) is 13.1 Å². The fourth-order valence-electron chi connectivity index (χ4n) is 3.14. The van der Waals surface area contributed by atoms with E-state index in [1.54, 1.807) is 6.07 Å². The molecule has 0 saturated heterocycles. The molecule has 3 N–H and O–H groups in total. The molecular formula is C15H22Cl2N2O3S. The first kappa shape index (κ1) is 18.8. The number of rotatable bonds is 3. The number of nitrogens with one attached hydrogen (secondary N) is 1. The summed E-state index contributed by atoms with van der Waals surface area (Å²) in [6.07, 6.45) is 3.96. The van der Waals surface area contributed by atoms with Crippen molar-refractivity contribution in [2.24, 2.45) is 5.73 Å². The molecular weight excluding hydrogens is 359 g/mol. The van der Waals surface area contributed by atoms with E-state index in [9.17, 15) is 8.42 Å². The standard InChI is InChI=1S/C15H21ClN2O3S.ClH/c1-9-6-10-7-13(8-14(16)15(10)21-9)22(19,20)18-12-4-2-11(17)3-5-12;/h7-9,11-12,18H,2-6,17H2,1H3;1H. The van der Waals surface area contributed by atoms with Gasteiger partial charge in [-0.1, -0.05) is 11.6 Å². The van der Waals surface area contributed by atoms with Crippen molar-refractivity contribution in [2.75, 3.05) is 0 Å². The minimum absolute atomic E-state index is 0. The second-order valence-corrected chi connectivity index (χ2v) is 8.38. The zero-order chi connectivity index (χ0) is 15.9. The predicted molar refractivity (Wildman–Crippen MR) is 93.0 cm³/mol. The summed E-state index contributed by atoms with van der Waals surface area (Å²) in [5.41, 5.74) is 6.71. The minimum atomic E-state index is -3.57. The highest BCUT2D eigenvalue weighted by Gasteiger charge is 2.28. The normalized spacial score (nSPS) is 27.0. The molecule has 1 fully saturated rings. The first-order chi connectivity index (χ1) is 10.3. The van der Waals surface area contributed by atoms with Gasteiger partial charge in [0.05, 0.1) is 9.92 Å². The SMILES string of the molecule is CC1Cc2cc(S(=O)(=O)NC3CCC(N)CC3)cc(Cl)c2O1.Cl. The summed E-state index contributed by atoms with van der Waals surface area (Å²) in [5.74, 6) is 0.608. The average Bonchev–Trinajstić information content (AvgIpc) is 2.82. The highest BCUT2D eigenvalue weighted by Crippen LogP contribution is 2.38. The third-order valence-electron chi connectivity index (χ3n) is 4.32. The molecule has 3 rings (SSSR count). The molecule has 0 radical (unpaired) electrons. The van der Waals surface area contributed by atoms with E-state index in [0.29, 0.717) is 17.2 Å². The van der Waals surface area contributed by atoms with Crippen LogP contribution in [-0.2, 0) is 16.4 Å². The van der Waals surface area contributed by atoms with Crippen LogP contribution in [0.15, 0.2) is 17.0 Å². The second-order valence-electron chi connectivity index (χ2n) is 6.26. The predicted octanol–water partition coefficient (Wildman–Crippen LogP) is 2.63. The molecule has 1 aliphatic carbocycles. The molecule has 1 aromatic rings. The van der Waals surface area contributed by atoms with Crippen molar-refractivity contribution < 1.29 is 13.2 Å². The Morgan fingerprint density at radius 2 is 1.91 bits per heavy atom. The van der Waals surface area contributed by atoms with Crippen molar-refractivity contribution >= 4 is 34.0 Å². The van der Waals surface area contributed by atoms with Crippen LogP contribution in [-0.4, -0.2) is 26.6 Å². The van der Waals surface area contributed by atoms with Crippen molar-refractivity contribution in [1.82, 2.24) is 4.72 Å². The number of hydrogen-bond donors (Lipinski definition) is 2. The van der Waals surface area contributed by atoms with Crippen LogP contribution in [0, 0.1) is 0 Å². The Bertz CT molecular complexity index is 674. The number of fused-ring (bicyclic) bond motifs is 1. The molecule has 0 aromatic heterocycles. The van der Waals surface area contributed by atoms with Gasteiger partial charge >= 0.3 is 0 Å². The summed E-state index contributed by atoms with van der Waals surface area (Å²) >= 11 is 6.17. The first-order valence-corrected chi connectivity index (χ1v) is 9.48. The summed E-state index contributed by atoms with van der Waals surface area (Å²) in [6.45, 7) is 1.94. The zero-order valence-corrected chi connectivity index (χ0v) is 15.3. The van der Waals surface area contributed by atoms with Crippen molar-refractivity contribution in [2.45, 2.75) is 62.1 Å². The molecule has 1 aliphatic heterocycles. The summed E-state index contributed by atoms with van der Waals surface area (Å²) < 4.78 is 33.5. The molecule has 130 valence electrons. The lowest BCUT2D eigenvalue weighted by Crippen LogP contribution is -2.40. The van der Waals surface area contributed by atoms with Crippen molar-refractivity contribution in [3.63, 3.8) is 0 Å². The van der Waals surface area contributed by atoms with Crippen molar-refractivity contribution in [3.8, 4) is 5.75 Å². The average molecular weight is 381 g/mol. The molecule has 0 amide bonds. The molecule has 0 bridgehead atoms. The van der Waals surface area contributed by atoms with Gasteiger partial charge in [0.25, 0.3) is 0 Å². The minimum Gasteiger partial charge on any atom is -0.489 e. The summed E-state index contributed by atoms with van der Waals surface area (Å²) in [5, 5.41) is 0.355. The van der Waals surface area contributed by atoms with Gasteiger partial charge in [0.2, 0.25) is 10.0 Å². The highest BCUT2D eigenvalue weighted by molar-refractivity contribution is 7.89. The molecule has 1 atom stereocenters. The summed E-state index contributed by atoms with van der Waals surface area (Å²) in [7, 11) is -3.57. The number of sulfonamides is 1. The zero-order valence-electron chi connectivity index (χ0n) is 12.9. The van der Waals surface area contributed by atoms with Crippen molar-refractivity contribution in [3.05, 3.63) is 22.7 Å². The highest BCUT2D eigenvalue weighted by atomic mass is 35.5. The van der Waals surface area contributed by atoms with Gasteiger partial charge in [-0.2, -0.15) is 0 Å². The lowest BCUT2D eigenvalue weighted by molar-refractivity contribution is 0.255. The third-order valence-corrected chi connectivity index (χ3v) is 6.11. The van der Waals surface area contributed by atoms with Crippen molar-refractivity contribution in [1.29, 1.82) is 0 Å². The van der Waals surface area contributed by atoms with Crippen LogP contribution in [0.25, 0.3) is 0 Å². The molecule has 1 unspecified atom stereocenters. The Balaban J connectivity index is 0.00000192. The van der Waals surface area contributed by atoms with Gasteiger partial charge in [0.1, 0.15) is 11.9 Å². The van der Waals surface area contributed by atoms with Gasteiger partial charge in [0, 0.05) is 24.1 Å². The molecule has 1 saturated carbocycles. The molecule has 2 aliphatic rings. The second kappa shape index (κ2) is 7.15. The molecule has 5 nitrogen and oxygen atoms in total. The number of hydrogen-bond acceptors (Lipinski definition) is 4. The maximum absolute atomic E-state index is 12.6. The van der Waals surface area contributed by atoms with E-state index < -0.39 is 10.0 Å². The van der Waals surface area contributed by atoms with E-state index in [1.807, 2.05) is 6.92 Å². The molecule has 8 heteroatoms. The number of ether oxygens (including phenoxy) is 1. The first-order valence-electron chi connectivity index (χ1n) is 7.62. The fourth-order valence-corrected chi connectivity index (χ4v) is 4.87. The van der Waals surface area contributed by atoms with Crippen LogP contribution in [0.1, 0.15) is 38.2 Å².